The van der Waals surface area contributed by atoms with Gasteiger partial charge in [0.1, 0.15) is 6.10 Å². The molecule has 0 spiro atoms. The number of hydrogen-bond acceptors (Lipinski definition) is 10. The molecule has 10 heteroatoms. The molecule has 0 rings (SSSR count). The van der Waals surface area contributed by atoms with Crippen LogP contribution in [0.4, 0.5) is 0 Å². The van der Waals surface area contributed by atoms with E-state index in [2.05, 4.69) is 0 Å². The van der Waals surface area contributed by atoms with Crippen molar-refractivity contribution >= 4 is 0 Å². The zero-order chi connectivity index (χ0) is 24.8. The van der Waals surface area contributed by atoms with Gasteiger partial charge in [-0.25, -0.2) is 0 Å². The summed E-state index contributed by atoms with van der Waals surface area (Å²) in [5.41, 5.74) is 0. The smallest absolute Gasteiger partial charge is 0.104 e. The van der Waals surface area contributed by atoms with Crippen LogP contribution in [0.5, 0.6) is 0 Å². The van der Waals surface area contributed by atoms with Crippen molar-refractivity contribution in [2.24, 2.45) is 0 Å². The lowest BCUT2D eigenvalue weighted by Crippen LogP contribution is -2.27. The molecule has 0 saturated heterocycles. The number of aliphatic hydroxyl groups is 3. The first-order valence-corrected chi connectivity index (χ1v) is 12.8. The molecule has 0 fully saturated rings. The molecule has 0 aromatic rings. The molecule has 0 saturated carbocycles. The summed E-state index contributed by atoms with van der Waals surface area (Å²) in [4.78, 5) is 0. The summed E-state index contributed by atoms with van der Waals surface area (Å²) in [6.45, 7) is 8.06. The molecule has 0 unspecified atom stereocenters. The van der Waals surface area contributed by atoms with Gasteiger partial charge in [0.15, 0.2) is 0 Å². The van der Waals surface area contributed by atoms with Crippen molar-refractivity contribution in [3.63, 3.8) is 0 Å². The average Bonchev–Trinajstić information content (AvgIpc) is 2.85. The Morgan fingerprint density at radius 1 is 0.353 bits per heavy atom. The summed E-state index contributed by atoms with van der Waals surface area (Å²) in [6.07, 6.45) is 5.11. The maximum atomic E-state index is 8.82. The van der Waals surface area contributed by atoms with Crippen LogP contribution in [-0.4, -0.2) is 127 Å². The Kier molecular flexibility index (Phi) is 30.3. The third kappa shape index (κ3) is 27.8. The highest BCUT2D eigenvalue weighted by atomic mass is 16.6. The van der Waals surface area contributed by atoms with Crippen molar-refractivity contribution in [2.45, 2.75) is 51.0 Å². The topological polar surface area (TPSA) is 125 Å². The highest BCUT2D eigenvalue weighted by molar-refractivity contribution is 4.56. The minimum Gasteiger partial charge on any atom is -0.396 e. The molecule has 0 atom stereocenters. The minimum absolute atomic E-state index is 0.110. The van der Waals surface area contributed by atoms with Crippen molar-refractivity contribution in [2.75, 3.05) is 106 Å². The molecule has 0 aliphatic heterocycles. The fourth-order valence-corrected chi connectivity index (χ4v) is 2.68. The van der Waals surface area contributed by atoms with Gasteiger partial charge in [0.25, 0.3) is 0 Å². The zero-order valence-corrected chi connectivity index (χ0v) is 21.0. The molecule has 0 heterocycles. The lowest BCUT2D eigenvalue weighted by molar-refractivity contribution is -0.0661. The zero-order valence-electron chi connectivity index (χ0n) is 21.0. The molecule has 0 aromatic heterocycles. The summed E-state index contributed by atoms with van der Waals surface area (Å²) < 4.78 is 38.9. The van der Waals surface area contributed by atoms with E-state index in [-0.39, 0.29) is 25.9 Å². The number of aliphatic hydroxyl groups excluding tert-OH is 3. The van der Waals surface area contributed by atoms with Crippen LogP contribution >= 0.6 is 0 Å². The van der Waals surface area contributed by atoms with Crippen LogP contribution in [0.1, 0.15) is 44.9 Å². The number of rotatable bonds is 30. The first kappa shape index (κ1) is 33.6. The number of hydrogen-bond donors (Lipinski definition) is 3. The normalized spacial score (nSPS) is 11.6. The SMILES string of the molecule is OCCCOCCCOCCCOCCCOCCCOC(COCCCO)COCCCO. The lowest BCUT2D eigenvalue weighted by atomic mass is 10.4. The Morgan fingerprint density at radius 2 is 0.647 bits per heavy atom. The molecule has 0 aromatic carbocycles. The van der Waals surface area contributed by atoms with E-state index in [1.54, 1.807) is 0 Å². The van der Waals surface area contributed by atoms with E-state index in [9.17, 15) is 0 Å². The van der Waals surface area contributed by atoms with Crippen molar-refractivity contribution in [3.8, 4) is 0 Å². The van der Waals surface area contributed by atoms with Gasteiger partial charge in [-0.2, -0.15) is 0 Å². The summed E-state index contributed by atoms with van der Waals surface area (Å²) in [5, 5.41) is 26.3. The molecule has 0 aliphatic carbocycles. The van der Waals surface area contributed by atoms with Crippen LogP contribution in [0.15, 0.2) is 0 Å². The van der Waals surface area contributed by atoms with E-state index in [0.717, 1.165) is 25.7 Å². The van der Waals surface area contributed by atoms with Gasteiger partial charge in [0.05, 0.1) is 13.2 Å². The molecular weight excluding hydrogens is 448 g/mol. The standard InChI is InChI=1S/C24H50O10/c25-8-1-11-28-14-4-15-29-16-5-17-30-18-6-19-31-20-7-21-34-24(22-32-12-2-9-26)23-33-13-3-10-27/h24-27H,1-23H2. The fraction of sp³-hybridized carbons (Fsp3) is 1.00. The van der Waals surface area contributed by atoms with E-state index in [4.69, 9.17) is 48.5 Å². The van der Waals surface area contributed by atoms with E-state index in [1.807, 2.05) is 0 Å². The van der Waals surface area contributed by atoms with Crippen LogP contribution in [0, 0.1) is 0 Å². The van der Waals surface area contributed by atoms with Gasteiger partial charge in [-0.15, -0.1) is 0 Å². The Labute approximate surface area is 205 Å². The van der Waals surface area contributed by atoms with Crippen LogP contribution in [0.2, 0.25) is 0 Å². The minimum atomic E-state index is -0.167. The van der Waals surface area contributed by atoms with E-state index >= 15 is 0 Å². The summed E-state index contributed by atoms with van der Waals surface area (Å²) in [5.74, 6) is 0. The summed E-state index contributed by atoms with van der Waals surface area (Å²) >= 11 is 0. The van der Waals surface area contributed by atoms with Crippen molar-refractivity contribution in [3.05, 3.63) is 0 Å². The van der Waals surface area contributed by atoms with Gasteiger partial charge in [0.2, 0.25) is 0 Å². The van der Waals surface area contributed by atoms with Crippen LogP contribution in [-0.2, 0) is 33.2 Å². The molecule has 0 radical (unpaired) electrons. The first-order valence-electron chi connectivity index (χ1n) is 12.8. The highest BCUT2D eigenvalue weighted by Crippen LogP contribution is 2.00. The van der Waals surface area contributed by atoms with Crippen molar-refractivity contribution in [1.82, 2.24) is 0 Å². The van der Waals surface area contributed by atoms with Gasteiger partial charge >= 0.3 is 0 Å². The number of ether oxygens (including phenoxy) is 7. The van der Waals surface area contributed by atoms with E-state index in [0.29, 0.717) is 105 Å². The quantitative estimate of drug-likeness (QED) is 0.124. The van der Waals surface area contributed by atoms with Gasteiger partial charge in [-0.3, -0.25) is 0 Å². The predicted octanol–water partition coefficient (Wildman–Crippen LogP) is 1.18. The Bertz CT molecular complexity index is 351. The Morgan fingerprint density at radius 3 is 1.00 bits per heavy atom. The molecule has 34 heavy (non-hydrogen) atoms. The fourth-order valence-electron chi connectivity index (χ4n) is 2.68. The first-order chi connectivity index (χ1) is 16.8. The Balaban J connectivity index is 3.40. The van der Waals surface area contributed by atoms with Crippen LogP contribution in [0.25, 0.3) is 0 Å². The summed E-state index contributed by atoms with van der Waals surface area (Å²) in [6, 6.07) is 0. The lowest BCUT2D eigenvalue weighted by Gasteiger charge is -2.18. The third-order valence-electron chi connectivity index (χ3n) is 4.47. The molecule has 3 N–H and O–H groups in total. The maximum Gasteiger partial charge on any atom is 0.104 e. The van der Waals surface area contributed by atoms with Crippen LogP contribution < -0.4 is 0 Å². The highest BCUT2D eigenvalue weighted by Gasteiger charge is 2.10. The summed E-state index contributed by atoms with van der Waals surface area (Å²) in [7, 11) is 0. The monoisotopic (exact) mass is 498 g/mol. The average molecular weight is 499 g/mol. The van der Waals surface area contributed by atoms with E-state index < -0.39 is 0 Å². The van der Waals surface area contributed by atoms with Crippen molar-refractivity contribution in [1.29, 1.82) is 0 Å². The second kappa shape index (κ2) is 30.6. The molecular formula is C24H50O10. The van der Waals surface area contributed by atoms with Gasteiger partial charge in [-0.05, 0) is 44.9 Å². The predicted molar refractivity (Wildman–Crippen MR) is 128 cm³/mol. The van der Waals surface area contributed by atoms with Gasteiger partial charge in [-0.1, -0.05) is 0 Å². The molecule has 10 nitrogen and oxygen atoms in total. The Hall–Kier alpha value is -0.400. The van der Waals surface area contributed by atoms with Crippen LogP contribution in [0.3, 0.4) is 0 Å². The second-order valence-electron chi connectivity index (χ2n) is 7.74. The largest absolute Gasteiger partial charge is 0.396 e. The van der Waals surface area contributed by atoms with Gasteiger partial charge in [0, 0.05) is 92.5 Å². The maximum absolute atomic E-state index is 8.82. The van der Waals surface area contributed by atoms with Gasteiger partial charge < -0.3 is 48.5 Å². The second-order valence-corrected chi connectivity index (χ2v) is 7.74. The molecule has 0 bridgehead atoms. The molecule has 0 aliphatic rings. The molecule has 206 valence electrons. The molecule has 0 amide bonds. The third-order valence-corrected chi connectivity index (χ3v) is 4.47. The van der Waals surface area contributed by atoms with E-state index in [1.165, 1.54) is 0 Å². The van der Waals surface area contributed by atoms with Crippen molar-refractivity contribution < 1.29 is 48.5 Å².